The van der Waals surface area contributed by atoms with Gasteiger partial charge in [0.05, 0.1) is 0 Å². The molecule has 0 N–H and O–H groups in total. The summed E-state index contributed by atoms with van der Waals surface area (Å²) in [4.78, 5) is 20.8. The Kier molecular flexibility index (Phi) is 7.96. The third-order valence-electron chi connectivity index (χ3n) is 11.4. The number of rotatable bonds is 6. The third kappa shape index (κ3) is 5.76. The zero-order chi connectivity index (χ0) is 39.6. The van der Waals surface area contributed by atoms with Crippen molar-refractivity contribution < 1.29 is 4.42 Å². The number of nitrogens with zero attached hydrogens (tertiary/aromatic N) is 4. The lowest BCUT2D eigenvalue weighted by Gasteiger charge is -2.13. The average molecular weight is 785 g/mol. The number of thiophene rings is 1. The number of hydrogen-bond acceptors (Lipinski definition) is 6. The van der Waals surface area contributed by atoms with Gasteiger partial charge in [-0.2, -0.15) is 0 Å². The molecule has 0 aliphatic carbocycles. The molecule has 0 amide bonds. The number of fused-ring (bicyclic) bond motifs is 8. The van der Waals surface area contributed by atoms with Gasteiger partial charge in [-0.3, -0.25) is 0 Å². The lowest BCUT2D eigenvalue weighted by atomic mass is 9.94. The molecule has 9 aromatic carbocycles. The molecule has 12 rings (SSSR count). The SMILES string of the molecule is c1ccc(-c2ccc(-c3nc(-c4ccc5ccc6sc7ccc8oc(-c9ccccc9)nc8c7c6c5c4)nc(-c4ccc(-c5ccccc5)c5ccccc45)n3)cc2)cc1. The largest absolute Gasteiger partial charge is 0.436 e. The highest BCUT2D eigenvalue weighted by Gasteiger charge is 2.20. The van der Waals surface area contributed by atoms with E-state index in [1.165, 1.54) is 15.8 Å². The predicted octanol–water partition coefficient (Wildman–Crippen LogP) is 14.7. The Bertz CT molecular complexity index is 3580. The summed E-state index contributed by atoms with van der Waals surface area (Å²) >= 11 is 1.77. The Morgan fingerprint density at radius 2 is 0.883 bits per heavy atom. The third-order valence-corrected chi connectivity index (χ3v) is 12.5. The van der Waals surface area contributed by atoms with Crippen LogP contribution in [0.3, 0.4) is 0 Å². The van der Waals surface area contributed by atoms with E-state index < -0.39 is 0 Å². The van der Waals surface area contributed by atoms with Gasteiger partial charge in [-0.15, -0.1) is 11.3 Å². The fraction of sp³-hybridized carbons (Fsp3) is 0. The molecule has 0 radical (unpaired) electrons. The minimum atomic E-state index is 0.606. The summed E-state index contributed by atoms with van der Waals surface area (Å²) in [5.41, 5.74) is 9.98. The first-order valence-electron chi connectivity index (χ1n) is 20.0. The summed E-state index contributed by atoms with van der Waals surface area (Å²) in [6, 6.07) is 67.5. The first-order chi connectivity index (χ1) is 29.7. The van der Waals surface area contributed by atoms with Crippen molar-refractivity contribution >= 4 is 64.2 Å². The predicted molar refractivity (Wildman–Crippen MR) is 248 cm³/mol. The normalized spacial score (nSPS) is 11.7. The highest BCUT2D eigenvalue weighted by molar-refractivity contribution is 7.26. The van der Waals surface area contributed by atoms with Crippen LogP contribution < -0.4 is 0 Å². The zero-order valence-corrected chi connectivity index (χ0v) is 32.9. The number of benzene rings is 9. The standard InChI is InChI=1S/C54H32N4OS/c1-4-12-33(13-5-1)34-20-23-37(24-21-34)51-56-52(58-53(57-51)43-28-27-40(35-14-6-2-7-15-35)41-18-10-11-19-42(41)43)39-25-22-36-26-30-46-48(44(36)32-39)49-47(60-46)31-29-45-50(49)55-54(59-45)38-16-8-3-9-17-38/h1-32H. The van der Waals surface area contributed by atoms with Crippen molar-refractivity contribution in [1.82, 2.24) is 19.9 Å². The van der Waals surface area contributed by atoms with E-state index in [9.17, 15) is 0 Å². The lowest BCUT2D eigenvalue weighted by Crippen LogP contribution is -2.01. The molecule has 3 heterocycles. The summed E-state index contributed by atoms with van der Waals surface area (Å²) < 4.78 is 8.71. The Hall–Kier alpha value is -7.80. The van der Waals surface area contributed by atoms with Gasteiger partial charge in [0.1, 0.15) is 5.52 Å². The second-order valence-electron chi connectivity index (χ2n) is 15.0. The maximum atomic E-state index is 6.36. The van der Waals surface area contributed by atoms with Crippen LogP contribution in [0.5, 0.6) is 0 Å². The molecule has 0 aliphatic rings. The van der Waals surface area contributed by atoms with Crippen LogP contribution in [0, 0.1) is 0 Å². The fourth-order valence-electron chi connectivity index (χ4n) is 8.47. The zero-order valence-electron chi connectivity index (χ0n) is 32.1. The second-order valence-corrected chi connectivity index (χ2v) is 16.1. The van der Waals surface area contributed by atoms with Crippen molar-refractivity contribution in [1.29, 1.82) is 0 Å². The number of hydrogen-bond donors (Lipinski definition) is 0. The van der Waals surface area contributed by atoms with Crippen molar-refractivity contribution in [3.63, 3.8) is 0 Å². The molecule has 6 heteroatoms. The molecule has 0 saturated heterocycles. The van der Waals surface area contributed by atoms with Crippen LogP contribution in [-0.4, -0.2) is 19.9 Å². The summed E-state index contributed by atoms with van der Waals surface area (Å²) in [7, 11) is 0. The first-order valence-corrected chi connectivity index (χ1v) is 20.8. The average Bonchev–Trinajstić information content (AvgIpc) is 3.94. The van der Waals surface area contributed by atoms with Gasteiger partial charge < -0.3 is 4.42 Å². The molecule has 0 saturated carbocycles. The smallest absolute Gasteiger partial charge is 0.227 e. The minimum absolute atomic E-state index is 0.606. The van der Waals surface area contributed by atoms with Crippen LogP contribution in [0.25, 0.3) is 121 Å². The van der Waals surface area contributed by atoms with Crippen LogP contribution in [0.1, 0.15) is 0 Å². The van der Waals surface area contributed by atoms with Gasteiger partial charge >= 0.3 is 0 Å². The van der Waals surface area contributed by atoms with E-state index in [2.05, 4.69) is 152 Å². The monoisotopic (exact) mass is 784 g/mol. The molecule has 60 heavy (non-hydrogen) atoms. The first kappa shape index (κ1) is 34.3. The maximum absolute atomic E-state index is 6.36. The molecular weight excluding hydrogens is 753 g/mol. The van der Waals surface area contributed by atoms with E-state index in [-0.39, 0.29) is 0 Å². The van der Waals surface area contributed by atoms with Crippen LogP contribution >= 0.6 is 11.3 Å². The highest BCUT2D eigenvalue weighted by atomic mass is 32.1. The Labute approximate surface area is 348 Å². The molecule has 280 valence electrons. The molecule has 5 nitrogen and oxygen atoms in total. The second kappa shape index (κ2) is 13.9. The van der Waals surface area contributed by atoms with Crippen molar-refractivity contribution in [3.8, 4) is 67.9 Å². The Morgan fingerprint density at radius 1 is 0.350 bits per heavy atom. The molecule has 0 unspecified atom stereocenters. The summed E-state index contributed by atoms with van der Waals surface area (Å²) in [5, 5.41) is 6.72. The lowest BCUT2D eigenvalue weighted by molar-refractivity contribution is 0.620. The number of aromatic nitrogens is 4. The van der Waals surface area contributed by atoms with Crippen LogP contribution in [0.15, 0.2) is 199 Å². The molecule has 0 atom stereocenters. The van der Waals surface area contributed by atoms with Gasteiger partial charge in [0.25, 0.3) is 0 Å². The Morgan fingerprint density at radius 3 is 1.63 bits per heavy atom. The molecule has 0 spiro atoms. The molecule has 12 aromatic rings. The summed E-state index contributed by atoms with van der Waals surface area (Å²) in [6.07, 6.45) is 0. The van der Waals surface area contributed by atoms with Crippen LogP contribution in [0.4, 0.5) is 0 Å². The van der Waals surface area contributed by atoms with Gasteiger partial charge in [0, 0.05) is 42.4 Å². The van der Waals surface area contributed by atoms with Crippen molar-refractivity contribution in [2.75, 3.05) is 0 Å². The van der Waals surface area contributed by atoms with E-state index in [1.54, 1.807) is 11.3 Å². The minimum Gasteiger partial charge on any atom is -0.436 e. The van der Waals surface area contributed by atoms with E-state index in [4.69, 9.17) is 24.4 Å². The van der Waals surface area contributed by atoms with E-state index in [0.29, 0.717) is 23.4 Å². The molecule has 0 bridgehead atoms. The van der Waals surface area contributed by atoms with Gasteiger partial charge in [0.2, 0.25) is 5.89 Å². The Balaban J connectivity index is 1.07. The number of oxazole rings is 1. The van der Waals surface area contributed by atoms with E-state index >= 15 is 0 Å². The van der Waals surface area contributed by atoms with Crippen LogP contribution in [0.2, 0.25) is 0 Å². The highest BCUT2D eigenvalue weighted by Crippen LogP contribution is 2.44. The summed E-state index contributed by atoms with van der Waals surface area (Å²) in [5.74, 6) is 2.46. The maximum Gasteiger partial charge on any atom is 0.227 e. The molecular formula is C54H32N4OS. The molecule has 0 fully saturated rings. The van der Waals surface area contributed by atoms with E-state index in [0.717, 1.165) is 81.5 Å². The fourth-order valence-corrected chi connectivity index (χ4v) is 9.59. The van der Waals surface area contributed by atoms with Crippen molar-refractivity contribution in [3.05, 3.63) is 194 Å². The van der Waals surface area contributed by atoms with Crippen LogP contribution in [-0.2, 0) is 0 Å². The molecule has 3 aromatic heterocycles. The van der Waals surface area contributed by atoms with Gasteiger partial charge in [-0.05, 0) is 86.3 Å². The van der Waals surface area contributed by atoms with E-state index in [1.807, 2.05) is 42.5 Å². The summed E-state index contributed by atoms with van der Waals surface area (Å²) in [6.45, 7) is 0. The molecule has 0 aliphatic heterocycles. The van der Waals surface area contributed by atoms with Gasteiger partial charge in [-0.1, -0.05) is 152 Å². The quantitative estimate of drug-likeness (QED) is 0.168. The van der Waals surface area contributed by atoms with Gasteiger partial charge in [-0.25, -0.2) is 19.9 Å². The van der Waals surface area contributed by atoms with Crippen molar-refractivity contribution in [2.45, 2.75) is 0 Å². The topological polar surface area (TPSA) is 64.7 Å². The van der Waals surface area contributed by atoms with Crippen molar-refractivity contribution in [2.24, 2.45) is 0 Å². The van der Waals surface area contributed by atoms with Gasteiger partial charge in [0.15, 0.2) is 23.1 Å².